The highest BCUT2D eigenvalue weighted by atomic mass is 19.4. The summed E-state index contributed by atoms with van der Waals surface area (Å²) in [6.07, 6.45) is 2.95. The molecule has 0 spiro atoms. The van der Waals surface area contributed by atoms with Crippen molar-refractivity contribution in [2.24, 2.45) is 5.92 Å². The number of alkyl halides is 3. The molecule has 3 N–H and O–H groups in total. The predicted octanol–water partition coefficient (Wildman–Crippen LogP) is 5.84. The number of rotatable bonds is 6. The van der Waals surface area contributed by atoms with E-state index in [0.29, 0.717) is 35.2 Å². The van der Waals surface area contributed by atoms with Gasteiger partial charge in [0.2, 0.25) is 0 Å². The molecule has 0 saturated heterocycles. The molecule has 2 aromatic rings. The van der Waals surface area contributed by atoms with Gasteiger partial charge in [-0.25, -0.2) is 0 Å². The highest BCUT2D eigenvalue weighted by Gasteiger charge is 2.31. The van der Waals surface area contributed by atoms with Gasteiger partial charge in [0.15, 0.2) is 0 Å². The van der Waals surface area contributed by atoms with Crippen LogP contribution in [-0.2, 0) is 6.18 Å². The monoisotopic (exact) mass is 449 g/mol. The summed E-state index contributed by atoms with van der Waals surface area (Å²) in [6.45, 7) is 7.27. The number of halogens is 3. The molecule has 176 valence electrons. The Labute approximate surface area is 188 Å². The van der Waals surface area contributed by atoms with E-state index in [4.69, 9.17) is 0 Å². The van der Waals surface area contributed by atoms with E-state index in [1.807, 2.05) is 0 Å². The first-order valence-electron chi connectivity index (χ1n) is 11.3. The van der Waals surface area contributed by atoms with Gasteiger partial charge in [-0.2, -0.15) is 13.2 Å². The standard InChI is InChI=1S/C17H14F3NO2.C9H20/c18-17(19,20)10-5-6-13(15(23)9-10)16-12-4-2-1-3-11(12)14(22)7-8-21-16;1-4-5-6-7-8-9(2)3/h1-6,9,21-23H,7-8H2;9H,4-8H2,1-3H3. The van der Waals surface area contributed by atoms with Crippen molar-refractivity contribution >= 4 is 11.5 Å². The lowest BCUT2D eigenvalue weighted by atomic mass is 10.0. The van der Waals surface area contributed by atoms with Gasteiger partial charge in [-0.05, 0) is 24.1 Å². The summed E-state index contributed by atoms with van der Waals surface area (Å²) in [4.78, 5) is 0. The number of unbranched alkanes of at least 4 members (excludes halogenated alkanes) is 3. The van der Waals surface area contributed by atoms with Gasteiger partial charge in [0.25, 0.3) is 0 Å². The summed E-state index contributed by atoms with van der Waals surface area (Å²) < 4.78 is 38.2. The van der Waals surface area contributed by atoms with E-state index >= 15 is 0 Å². The number of hydrogen-bond acceptors (Lipinski definition) is 3. The Morgan fingerprint density at radius 3 is 2.25 bits per heavy atom. The Balaban J connectivity index is 0.000000344. The van der Waals surface area contributed by atoms with Crippen molar-refractivity contribution in [3.8, 4) is 5.75 Å². The zero-order valence-corrected chi connectivity index (χ0v) is 19.1. The van der Waals surface area contributed by atoms with E-state index in [1.54, 1.807) is 24.3 Å². The fraction of sp³-hybridized carbons (Fsp3) is 0.462. The number of nitrogens with one attached hydrogen (secondary N) is 1. The van der Waals surface area contributed by atoms with Crippen LogP contribution in [0.15, 0.2) is 42.5 Å². The second-order valence-electron chi connectivity index (χ2n) is 8.52. The number of hydrogen-bond donors (Lipinski definition) is 3. The largest absolute Gasteiger partial charge is 0.512 e. The molecule has 0 aliphatic carbocycles. The fourth-order valence-electron chi connectivity index (χ4n) is 3.63. The topological polar surface area (TPSA) is 52.5 Å². The van der Waals surface area contributed by atoms with Crippen molar-refractivity contribution in [3.63, 3.8) is 0 Å². The van der Waals surface area contributed by atoms with Crippen LogP contribution in [-0.4, -0.2) is 16.8 Å². The van der Waals surface area contributed by atoms with E-state index in [9.17, 15) is 23.4 Å². The van der Waals surface area contributed by atoms with E-state index < -0.39 is 17.5 Å². The summed E-state index contributed by atoms with van der Waals surface area (Å²) >= 11 is 0. The highest BCUT2D eigenvalue weighted by Crippen LogP contribution is 2.34. The SMILES string of the molecule is CCCCCCC(C)C.OC1=c2ccccc2=C(c2ccc(C(F)(F)F)cc2O)NCC1. The van der Waals surface area contributed by atoms with Gasteiger partial charge < -0.3 is 15.5 Å². The zero-order chi connectivity index (χ0) is 23.7. The molecular formula is C26H34F3NO2. The summed E-state index contributed by atoms with van der Waals surface area (Å²) in [7, 11) is 0. The molecule has 0 radical (unpaired) electrons. The number of aromatic hydroxyl groups is 1. The van der Waals surface area contributed by atoms with Crippen molar-refractivity contribution in [1.29, 1.82) is 0 Å². The fourth-order valence-corrected chi connectivity index (χ4v) is 3.63. The van der Waals surface area contributed by atoms with Gasteiger partial charge >= 0.3 is 6.18 Å². The van der Waals surface area contributed by atoms with E-state index in [-0.39, 0.29) is 11.3 Å². The third-order valence-corrected chi connectivity index (χ3v) is 5.40. The molecule has 0 amide bonds. The van der Waals surface area contributed by atoms with E-state index in [2.05, 4.69) is 26.1 Å². The van der Waals surface area contributed by atoms with Gasteiger partial charge in [-0.3, -0.25) is 0 Å². The smallest absolute Gasteiger partial charge is 0.416 e. The summed E-state index contributed by atoms with van der Waals surface area (Å²) in [5, 5.41) is 24.5. The maximum absolute atomic E-state index is 12.7. The minimum absolute atomic E-state index is 0.203. The summed E-state index contributed by atoms with van der Waals surface area (Å²) in [5.41, 5.74) is -0.147. The number of fused-ring (bicyclic) bond motifs is 1. The van der Waals surface area contributed by atoms with Crippen molar-refractivity contribution in [2.45, 2.75) is 65.5 Å². The normalized spacial score (nSPS) is 13.7. The lowest BCUT2D eigenvalue weighted by Gasteiger charge is -2.14. The second-order valence-corrected chi connectivity index (χ2v) is 8.52. The maximum Gasteiger partial charge on any atom is 0.416 e. The van der Waals surface area contributed by atoms with Crippen LogP contribution in [0.2, 0.25) is 0 Å². The maximum atomic E-state index is 12.7. The first kappa shape index (κ1) is 25.6. The van der Waals surface area contributed by atoms with Crippen molar-refractivity contribution in [2.75, 3.05) is 6.54 Å². The lowest BCUT2D eigenvalue weighted by molar-refractivity contribution is -0.137. The van der Waals surface area contributed by atoms with Crippen LogP contribution in [0.4, 0.5) is 13.2 Å². The molecule has 2 aromatic carbocycles. The van der Waals surface area contributed by atoms with Gasteiger partial charge in [-0.15, -0.1) is 0 Å². The summed E-state index contributed by atoms with van der Waals surface area (Å²) in [5.74, 6) is 0.648. The molecular weight excluding hydrogens is 415 g/mol. The van der Waals surface area contributed by atoms with Gasteiger partial charge in [-0.1, -0.05) is 77.1 Å². The van der Waals surface area contributed by atoms with Crippen LogP contribution in [0, 0.1) is 5.92 Å². The number of benzene rings is 2. The predicted molar refractivity (Wildman–Crippen MR) is 124 cm³/mol. The number of phenolic OH excluding ortho intramolecular Hbond substituents is 1. The molecule has 0 aromatic heterocycles. The minimum atomic E-state index is -4.51. The van der Waals surface area contributed by atoms with Crippen LogP contribution in [0.1, 0.15) is 70.4 Å². The lowest BCUT2D eigenvalue weighted by Crippen LogP contribution is -2.31. The molecule has 3 nitrogen and oxygen atoms in total. The Morgan fingerprint density at radius 1 is 0.969 bits per heavy atom. The first-order chi connectivity index (χ1) is 15.1. The van der Waals surface area contributed by atoms with Crippen molar-refractivity contribution in [3.05, 3.63) is 64.0 Å². The minimum Gasteiger partial charge on any atom is -0.512 e. The molecule has 1 aliphatic rings. The Hall–Kier alpha value is -2.63. The van der Waals surface area contributed by atoms with Crippen LogP contribution in [0.25, 0.3) is 11.5 Å². The molecule has 6 heteroatoms. The van der Waals surface area contributed by atoms with Crippen LogP contribution >= 0.6 is 0 Å². The molecule has 1 aliphatic heterocycles. The van der Waals surface area contributed by atoms with Crippen LogP contribution in [0.5, 0.6) is 5.75 Å². The van der Waals surface area contributed by atoms with E-state index in [1.165, 1.54) is 38.2 Å². The Bertz CT molecular complexity index is 997. The molecule has 0 bridgehead atoms. The molecule has 0 atom stereocenters. The average Bonchev–Trinajstić information content (AvgIpc) is 2.90. The average molecular weight is 450 g/mol. The van der Waals surface area contributed by atoms with Crippen molar-refractivity contribution in [1.82, 2.24) is 5.32 Å². The number of aliphatic hydroxyl groups is 1. The molecule has 0 fully saturated rings. The van der Waals surface area contributed by atoms with Gasteiger partial charge in [0.1, 0.15) is 11.5 Å². The van der Waals surface area contributed by atoms with E-state index in [0.717, 1.165) is 12.0 Å². The molecule has 32 heavy (non-hydrogen) atoms. The summed E-state index contributed by atoms with van der Waals surface area (Å²) in [6, 6.07) is 9.89. The second kappa shape index (κ2) is 11.8. The highest BCUT2D eigenvalue weighted by molar-refractivity contribution is 5.70. The number of phenols is 1. The molecule has 0 saturated carbocycles. The molecule has 3 rings (SSSR count). The number of aliphatic hydroxyl groups excluding tert-OH is 1. The first-order valence-corrected chi connectivity index (χ1v) is 11.3. The zero-order valence-electron chi connectivity index (χ0n) is 19.1. The van der Waals surface area contributed by atoms with Gasteiger partial charge in [0, 0.05) is 29.0 Å². The quantitative estimate of drug-likeness (QED) is 0.486. The Morgan fingerprint density at radius 2 is 1.66 bits per heavy atom. The third-order valence-electron chi connectivity index (χ3n) is 5.40. The molecule has 0 unspecified atom stereocenters. The molecule has 1 heterocycles. The van der Waals surface area contributed by atoms with Crippen LogP contribution in [0.3, 0.4) is 0 Å². The third kappa shape index (κ3) is 7.21. The van der Waals surface area contributed by atoms with Gasteiger partial charge in [0.05, 0.1) is 11.3 Å². The van der Waals surface area contributed by atoms with Crippen molar-refractivity contribution < 1.29 is 23.4 Å². The Kier molecular flexibility index (Phi) is 9.48. The van der Waals surface area contributed by atoms with Crippen LogP contribution < -0.4 is 15.8 Å².